The average molecular weight is 298 g/mol. The van der Waals surface area contributed by atoms with Crippen LogP contribution in [0.2, 0.25) is 10.0 Å². The van der Waals surface area contributed by atoms with E-state index in [9.17, 15) is 9.18 Å². The van der Waals surface area contributed by atoms with Crippen molar-refractivity contribution in [3.63, 3.8) is 0 Å². The molecule has 0 heterocycles. The third-order valence-electron chi connectivity index (χ3n) is 2.69. The van der Waals surface area contributed by atoms with Gasteiger partial charge < -0.3 is 5.73 Å². The van der Waals surface area contributed by atoms with E-state index in [0.717, 1.165) is 0 Å². The fourth-order valence-electron chi connectivity index (χ4n) is 1.64. The van der Waals surface area contributed by atoms with Crippen molar-refractivity contribution in [1.82, 2.24) is 0 Å². The minimum atomic E-state index is -0.498. The highest BCUT2D eigenvalue weighted by molar-refractivity contribution is 6.33. The number of benzene rings is 2. The first-order valence-corrected chi connectivity index (χ1v) is 6.25. The normalized spacial score (nSPS) is 10.5. The van der Waals surface area contributed by atoms with Crippen molar-refractivity contribution >= 4 is 34.7 Å². The highest BCUT2D eigenvalue weighted by atomic mass is 35.5. The number of hydrogen-bond donors (Lipinski definition) is 1. The van der Waals surface area contributed by atoms with Crippen molar-refractivity contribution in [3.8, 4) is 0 Å². The van der Waals surface area contributed by atoms with E-state index in [0.29, 0.717) is 26.9 Å². The molecule has 0 aliphatic rings. The van der Waals surface area contributed by atoms with Crippen molar-refractivity contribution in [1.29, 1.82) is 0 Å². The molecule has 0 radical (unpaired) electrons. The van der Waals surface area contributed by atoms with Gasteiger partial charge in [-0.2, -0.15) is 0 Å². The molecule has 98 valence electrons. The molecule has 0 atom stereocenters. The lowest BCUT2D eigenvalue weighted by molar-refractivity contribution is 0.0992. The molecule has 0 bridgehead atoms. The Labute approximate surface area is 119 Å². The molecule has 2 nitrogen and oxygen atoms in total. The number of nitrogens with two attached hydrogens (primary N) is 1. The van der Waals surface area contributed by atoms with Crippen LogP contribution in [-0.4, -0.2) is 5.78 Å². The minimum absolute atomic E-state index is 0.0523. The van der Waals surface area contributed by atoms with Crippen LogP contribution in [0.5, 0.6) is 0 Å². The number of Topliss-reactive ketones (excluding diaryl/α,β-unsaturated/α-hetero) is 1. The van der Waals surface area contributed by atoms with Crippen molar-refractivity contribution in [3.05, 3.63) is 63.4 Å². The van der Waals surface area contributed by atoms with Crippen LogP contribution in [0.1, 0.15) is 15.9 Å². The number of rotatable bonds is 3. The fourth-order valence-corrected chi connectivity index (χ4v) is 1.98. The van der Waals surface area contributed by atoms with Gasteiger partial charge in [-0.3, -0.25) is 4.79 Å². The molecule has 0 unspecified atom stereocenters. The molecule has 0 fully saturated rings. The minimum Gasteiger partial charge on any atom is -0.398 e. The van der Waals surface area contributed by atoms with Gasteiger partial charge >= 0.3 is 0 Å². The Bertz CT molecular complexity index is 643. The topological polar surface area (TPSA) is 43.1 Å². The van der Waals surface area contributed by atoms with E-state index in [-0.39, 0.29) is 12.2 Å². The third-order valence-corrected chi connectivity index (χ3v) is 3.25. The first-order valence-electron chi connectivity index (χ1n) is 5.49. The predicted octanol–water partition coefficient (Wildman–Crippen LogP) is 4.14. The molecule has 5 heteroatoms. The van der Waals surface area contributed by atoms with Gasteiger partial charge in [0.15, 0.2) is 5.78 Å². The standard InChI is InChI=1S/C14H10Cl2FNO/c15-10-3-1-8(12(17)7-10)6-14(19)9-2-4-13(18)11(16)5-9/h1-5,7H,6,18H2. The molecule has 0 spiro atoms. The summed E-state index contributed by atoms with van der Waals surface area (Å²) >= 11 is 11.5. The van der Waals surface area contributed by atoms with E-state index < -0.39 is 5.82 Å². The van der Waals surface area contributed by atoms with Crippen LogP contribution < -0.4 is 5.73 Å². The molecule has 0 aliphatic carbocycles. The summed E-state index contributed by atoms with van der Waals surface area (Å²) < 4.78 is 13.6. The molecule has 0 aromatic heterocycles. The van der Waals surface area contributed by atoms with Gasteiger partial charge in [0, 0.05) is 17.0 Å². The van der Waals surface area contributed by atoms with E-state index >= 15 is 0 Å². The van der Waals surface area contributed by atoms with Gasteiger partial charge in [-0.25, -0.2) is 4.39 Å². The van der Waals surface area contributed by atoms with Gasteiger partial charge in [0.25, 0.3) is 0 Å². The van der Waals surface area contributed by atoms with Crippen molar-refractivity contribution < 1.29 is 9.18 Å². The number of hydrogen-bond acceptors (Lipinski definition) is 2. The van der Waals surface area contributed by atoms with Crippen molar-refractivity contribution in [2.24, 2.45) is 0 Å². The van der Waals surface area contributed by atoms with Crippen LogP contribution in [0, 0.1) is 5.82 Å². The van der Waals surface area contributed by atoms with Gasteiger partial charge in [0.05, 0.1) is 10.7 Å². The maximum absolute atomic E-state index is 13.6. The molecule has 0 saturated carbocycles. The molecule has 2 aromatic carbocycles. The number of carbonyl (C=O) groups excluding carboxylic acids is 1. The Balaban J connectivity index is 2.23. The molecular formula is C14H10Cl2FNO. The van der Waals surface area contributed by atoms with E-state index in [1.165, 1.54) is 18.2 Å². The fraction of sp³-hybridized carbons (Fsp3) is 0.0714. The smallest absolute Gasteiger partial charge is 0.167 e. The summed E-state index contributed by atoms with van der Waals surface area (Å²) in [6.45, 7) is 0. The van der Waals surface area contributed by atoms with E-state index in [1.807, 2.05) is 0 Å². The highest BCUT2D eigenvalue weighted by Gasteiger charge is 2.12. The largest absolute Gasteiger partial charge is 0.398 e. The van der Waals surface area contributed by atoms with E-state index in [1.54, 1.807) is 18.2 Å². The third kappa shape index (κ3) is 3.25. The second-order valence-corrected chi connectivity index (χ2v) is 4.92. The number of nitrogen functional groups attached to an aromatic ring is 1. The zero-order valence-corrected chi connectivity index (χ0v) is 11.3. The van der Waals surface area contributed by atoms with Crippen LogP contribution in [0.15, 0.2) is 36.4 Å². The van der Waals surface area contributed by atoms with Gasteiger partial charge in [0.1, 0.15) is 5.82 Å². The summed E-state index contributed by atoms with van der Waals surface area (Å²) in [5, 5.41) is 0.603. The lowest BCUT2D eigenvalue weighted by atomic mass is 10.0. The summed E-state index contributed by atoms with van der Waals surface area (Å²) in [6.07, 6.45) is -0.0523. The van der Waals surface area contributed by atoms with Gasteiger partial charge in [-0.1, -0.05) is 29.3 Å². The Kier molecular flexibility index (Phi) is 4.08. The van der Waals surface area contributed by atoms with Gasteiger partial charge in [-0.15, -0.1) is 0 Å². The molecule has 0 aliphatic heterocycles. The summed E-state index contributed by atoms with van der Waals surface area (Å²) in [4.78, 5) is 12.0. The highest BCUT2D eigenvalue weighted by Crippen LogP contribution is 2.21. The Morgan fingerprint density at radius 2 is 1.89 bits per heavy atom. The number of halogens is 3. The van der Waals surface area contributed by atoms with Gasteiger partial charge in [0.2, 0.25) is 0 Å². The number of carbonyl (C=O) groups is 1. The molecule has 0 amide bonds. The SMILES string of the molecule is Nc1ccc(C(=O)Cc2ccc(Cl)cc2F)cc1Cl. The van der Waals surface area contributed by atoms with Crippen LogP contribution in [0.4, 0.5) is 10.1 Å². The summed E-state index contributed by atoms with van der Waals surface area (Å²) in [5.41, 5.74) is 6.65. The van der Waals surface area contributed by atoms with Crippen LogP contribution >= 0.6 is 23.2 Å². The second-order valence-electron chi connectivity index (χ2n) is 4.07. The number of ketones is 1. The molecular weight excluding hydrogens is 288 g/mol. The van der Waals surface area contributed by atoms with Crippen molar-refractivity contribution in [2.75, 3.05) is 5.73 Å². The van der Waals surface area contributed by atoms with Crippen molar-refractivity contribution in [2.45, 2.75) is 6.42 Å². The molecule has 19 heavy (non-hydrogen) atoms. The summed E-state index contributed by atoms with van der Waals surface area (Å²) in [5.74, 6) is -0.731. The van der Waals surface area contributed by atoms with Crippen LogP contribution in [0.3, 0.4) is 0 Å². The van der Waals surface area contributed by atoms with E-state index in [4.69, 9.17) is 28.9 Å². The molecule has 2 N–H and O–H groups in total. The average Bonchev–Trinajstić information content (AvgIpc) is 2.36. The first-order chi connectivity index (χ1) is 8.97. The Morgan fingerprint density at radius 1 is 1.16 bits per heavy atom. The van der Waals surface area contributed by atoms with Crippen LogP contribution in [0.25, 0.3) is 0 Å². The second kappa shape index (κ2) is 5.59. The van der Waals surface area contributed by atoms with Gasteiger partial charge in [-0.05, 0) is 35.9 Å². The molecule has 0 saturated heterocycles. The zero-order chi connectivity index (χ0) is 14.0. The predicted molar refractivity (Wildman–Crippen MR) is 75.3 cm³/mol. The summed E-state index contributed by atoms with van der Waals surface area (Å²) in [7, 11) is 0. The molecule has 2 aromatic rings. The first kappa shape index (κ1) is 13.8. The summed E-state index contributed by atoms with van der Waals surface area (Å²) in [6, 6.07) is 8.82. The Morgan fingerprint density at radius 3 is 2.53 bits per heavy atom. The molecule has 2 rings (SSSR count). The quantitative estimate of drug-likeness (QED) is 0.683. The van der Waals surface area contributed by atoms with Crippen LogP contribution in [-0.2, 0) is 6.42 Å². The Hall–Kier alpha value is -1.58. The monoisotopic (exact) mass is 297 g/mol. The lowest BCUT2D eigenvalue weighted by Crippen LogP contribution is -2.05. The van der Waals surface area contributed by atoms with E-state index in [2.05, 4.69) is 0 Å². The lowest BCUT2D eigenvalue weighted by Gasteiger charge is -2.05. The maximum atomic E-state index is 13.6. The zero-order valence-electron chi connectivity index (χ0n) is 9.79. The maximum Gasteiger partial charge on any atom is 0.167 e. The number of anilines is 1.